The molecule has 1 saturated heterocycles. The van der Waals surface area contributed by atoms with Crippen molar-refractivity contribution in [1.29, 1.82) is 0 Å². The van der Waals surface area contributed by atoms with E-state index >= 15 is 0 Å². The smallest absolute Gasteiger partial charge is 0.289 e. The normalized spacial score (nSPS) is 15.2. The second kappa shape index (κ2) is 5.73. The van der Waals surface area contributed by atoms with Crippen LogP contribution in [0.1, 0.15) is 16.4 Å². The third kappa shape index (κ3) is 2.91. The minimum atomic E-state index is -0.148. The zero-order valence-corrected chi connectivity index (χ0v) is 11.2. The number of amides is 2. The van der Waals surface area contributed by atoms with E-state index in [1.807, 2.05) is 0 Å². The number of aromatic nitrogens is 4. The zero-order chi connectivity index (χ0) is 14.7. The number of nitrogens with zero attached hydrogens (tertiary/aromatic N) is 5. The van der Waals surface area contributed by atoms with E-state index in [2.05, 4.69) is 20.6 Å². The highest BCUT2D eigenvalue weighted by Crippen LogP contribution is 2.10. The van der Waals surface area contributed by atoms with Gasteiger partial charge in [0.2, 0.25) is 5.91 Å². The zero-order valence-electron chi connectivity index (χ0n) is 11.2. The molecule has 0 unspecified atom stereocenters. The molecule has 2 aromatic rings. The second-order valence-electron chi connectivity index (χ2n) is 4.66. The first kappa shape index (κ1) is 13.3. The molecule has 110 valence electrons. The minimum absolute atomic E-state index is 0.0681. The Morgan fingerprint density at radius 1 is 1.24 bits per heavy atom. The fraction of sp³-hybridized carbons (Fsp3) is 0.417. The van der Waals surface area contributed by atoms with Gasteiger partial charge in [-0.2, -0.15) is 5.21 Å². The van der Waals surface area contributed by atoms with E-state index in [0.717, 1.165) is 0 Å². The molecule has 1 N–H and O–H groups in total. The number of piperazine rings is 1. The first-order valence-corrected chi connectivity index (χ1v) is 6.57. The lowest BCUT2D eigenvalue weighted by Crippen LogP contribution is -2.51. The summed E-state index contributed by atoms with van der Waals surface area (Å²) in [6.45, 7) is 1.95. The summed E-state index contributed by atoms with van der Waals surface area (Å²) in [5.74, 6) is 0.474. The highest BCUT2D eigenvalue weighted by molar-refractivity contribution is 5.91. The van der Waals surface area contributed by atoms with Gasteiger partial charge in [-0.25, -0.2) is 0 Å². The minimum Gasteiger partial charge on any atom is -0.459 e. The van der Waals surface area contributed by atoms with E-state index in [1.165, 1.54) is 6.26 Å². The number of furan rings is 1. The molecule has 9 heteroatoms. The molecule has 0 spiro atoms. The largest absolute Gasteiger partial charge is 0.459 e. The number of tetrazole rings is 1. The molecule has 0 aliphatic carbocycles. The van der Waals surface area contributed by atoms with Gasteiger partial charge in [0.05, 0.1) is 12.7 Å². The summed E-state index contributed by atoms with van der Waals surface area (Å²) in [5, 5.41) is 13.2. The van der Waals surface area contributed by atoms with E-state index in [1.54, 1.807) is 21.9 Å². The maximum atomic E-state index is 12.1. The second-order valence-corrected chi connectivity index (χ2v) is 4.66. The Bertz CT molecular complexity index is 601. The van der Waals surface area contributed by atoms with Crippen LogP contribution in [-0.4, -0.2) is 68.4 Å². The predicted molar refractivity (Wildman–Crippen MR) is 69.1 cm³/mol. The van der Waals surface area contributed by atoms with Crippen molar-refractivity contribution >= 4 is 11.8 Å². The molecular formula is C12H14N6O3. The lowest BCUT2D eigenvalue weighted by molar-refractivity contribution is -0.132. The lowest BCUT2D eigenvalue weighted by Gasteiger charge is -2.34. The highest BCUT2D eigenvalue weighted by atomic mass is 16.3. The summed E-state index contributed by atoms with van der Waals surface area (Å²) in [4.78, 5) is 27.5. The molecule has 2 amide bonds. The fourth-order valence-electron chi connectivity index (χ4n) is 2.22. The molecule has 0 radical (unpaired) electrons. The Balaban J connectivity index is 1.53. The molecule has 1 aliphatic heterocycles. The quantitative estimate of drug-likeness (QED) is 0.802. The maximum absolute atomic E-state index is 12.1. The maximum Gasteiger partial charge on any atom is 0.289 e. The van der Waals surface area contributed by atoms with Crippen molar-refractivity contribution in [2.75, 3.05) is 26.2 Å². The molecule has 3 heterocycles. The van der Waals surface area contributed by atoms with Crippen LogP contribution >= 0.6 is 0 Å². The monoisotopic (exact) mass is 290 g/mol. The first-order valence-electron chi connectivity index (χ1n) is 6.57. The van der Waals surface area contributed by atoms with Gasteiger partial charge >= 0.3 is 0 Å². The standard InChI is InChI=1S/C12H14N6O3/c19-11(8-10-13-15-16-14-10)17-3-5-18(6-4-17)12(20)9-2-1-7-21-9/h1-2,7H,3-6,8H2,(H,13,14,15,16). The van der Waals surface area contributed by atoms with E-state index in [4.69, 9.17) is 4.42 Å². The van der Waals surface area contributed by atoms with Crippen LogP contribution in [0.25, 0.3) is 0 Å². The number of hydrogen-bond donors (Lipinski definition) is 1. The Morgan fingerprint density at radius 2 is 2.00 bits per heavy atom. The van der Waals surface area contributed by atoms with Crippen LogP contribution in [0, 0.1) is 0 Å². The summed E-state index contributed by atoms with van der Waals surface area (Å²) in [6.07, 6.45) is 1.58. The molecule has 9 nitrogen and oxygen atoms in total. The summed E-state index contributed by atoms with van der Waals surface area (Å²) >= 11 is 0. The number of rotatable bonds is 3. The molecule has 3 rings (SSSR count). The van der Waals surface area contributed by atoms with E-state index in [9.17, 15) is 9.59 Å². The van der Waals surface area contributed by atoms with Crippen LogP contribution in [0.2, 0.25) is 0 Å². The predicted octanol–water partition coefficient (Wildman–Crippen LogP) is -0.680. The molecule has 21 heavy (non-hydrogen) atoms. The topological polar surface area (TPSA) is 108 Å². The van der Waals surface area contributed by atoms with Gasteiger partial charge in [-0.05, 0) is 12.1 Å². The van der Waals surface area contributed by atoms with Crippen LogP contribution in [0.4, 0.5) is 0 Å². The van der Waals surface area contributed by atoms with Crippen LogP contribution in [0.5, 0.6) is 0 Å². The molecule has 0 aromatic carbocycles. The Hall–Kier alpha value is -2.71. The van der Waals surface area contributed by atoms with Gasteiger partial charge in [-0.15, -0.1) is 10.2 Å². The van der Waals surface area contributed by atoms with E-state index in [-0.39, 0.29) is 18.2 Å². The van der Waals surface area contributed by atoms with Crippen molar-refractivity contribution in [1.82, 2.24) is 30.4 Å². The van der Waals surface area contributed by atoms with Gasteiger partial charge in [-0.1, -0.05) is 5.21 Å². The average molecular weight is 290 g/mol. The van der Waals surface area contributed by atoms with Gasteiger partial charge in [0.25, 0.3) is 5.91 Å². The summed E-state index contributed by atoms with van der Waals surface area (Å²) in [7, 11) is 0. The van der Waals surface area contributed by atoms with E-state index < -0.39 is 0 Å². The number of hydrogen-bond acceptors (Lipinski definition) is 6. The third-order valence-electron chi connectivity index (χ3n) is 3.35. The molecule has 0 bridgehead atoms. The molecule has 2 aromatic heterocycles. The van der Waals surface area contributed by atoms with Crippen molar-refractivity contribution in [2.24, 2.45) is 0 Å². The SMILES string of the molecule is O=C(Cc1nn[nH]n1)N1CCN(C(=O)c2ccco2)CC1. The third-order valence-corrected chi connectivity index (χ3v) is 3.35. The molecular weight excluding hydrogens is 276 g/mol. The number of nitrogens with one attached hydrogen (secondary N) is 1. The number of carbonyl (C=O) groups is 2. The van der Waals surface area contributed by atoms with E-state index in [0.29, 0.717) is 37.8 Å². The summed E-state index contributed by atoms with van der Waals surface area (Å²) in [6, 6.07) is 3.31. The average Bonchev–Trinajstić information content (AvgIpc) is 3.20. The van der Waals surface area contributed by atoms with Crippen LogP contribution in [0.15, 0.2) is 22.8 Å². The number of carbonyl (C=O) groups excluding carboxylic acids is 2. The summed E-state index contributed by atoms with van der Waals surface area (Å²) < 4.78 is 5.09. The first-order chi connectivity index (χ1) is 10.2. The molecule has 0 atom stereocenters. The summed E-state index contributed by atoms with van der Waals surface area (Å²) in [5.41, 5.74) is 0. The Labute approximate surface area is 119 Å². The van der Waals surface area contributed by atoms with Crippen molar-refractivity contribution in [3.8, 4) is 0 Å². The number of aromatic amines is 1. The number of H-pyrrole nitrogens is 1. The fourth-order valence-corrected chi connectivity index (χ4v) is 2.22. The van der Waals surface area contributed by atoms with Gasteiger partial charge in [-0.3, -0.25) is 9.59 Å². The van der Waals surface area contributed by atoms with Gasteiger partial charge in [0.15, 0.2) is 11.6 Å². The lowest BCUT2D eigenvalue weighted by atomic mass is 10.2. The van der Waals surface area contributed by atoms with Crippen LogP contribution in [0.3, 0.4) is 0 Å². The molecule has 1 fully saturated rings. The Kier molecular flexibility index (Phi) is 3.63. The van der Waals surface area contributed by atoms with Crippen molar-refractivity contribution in [2.45, 2.75) is 6.42 Å². The molecule has 1 aliphatic rings. The van der Waals surface area contributed by atoms with Gasteiger partial charge in [0.1, 0.15) is 0 Å². The van der Waals surface area contributed by atoms with Crippen LogP contribution < -0.4 is 0 Å². The van der Waals surface area contributed by atoms with Crippen molar-refractivity contribution in [3.63, 3.8) is 0 Å². The van der Waals surface area contributed by atoms with Gasteiger partial charge < -0.3 is 14.2 Å². The van der Waals surface area contributed by atoms with Crippen molar-refractivity contribution < 1.29 is 14.0 Å². The highest BCUT2D eigenvalue weighted by Gasteiger charge is 2.26. The van der Waals surface area contributed by atoms with Crippen molar-refractivity contribution in [3.05, 3.63) is 30.0 Å². The van der Waals surface area contributed by atoms with Gasteiger partial charge in [0, 0.05) is 26.2 Å². The Morgan fingerprint density at radius 3 is 2.62 bits per heavy atom. The molecule has 0 saturated carbocycles. The van der Waals surface area contributed by atoms with Crippen LogP contribution in [-0.2, 0) is 11.2 Å².